The molecule has 1 spiro atoms. The fraction of sp³-hybridized carbons (Fsp3) is 0.909. The van der Waals surface area contributed by atoms with E-state index in [0.717, 1.165) is 51.4 Å². The third-order valence-electron chi connectivity index (χ3n) is 9.24. The Bertz CT molecular complexity index is 641. The second kappa shape index (κ2) is 6.03. The molecule has 3 saturated carbocycles. The summed E-state index contributed by atoms with van der Waals surface area (Å²) in [4.78, 5) is 25.0. The highest BCUT2D eigenvalue weighted by atomic mass is 16.7. The molecule has 0 aromatic carbocycles. The van der Waals surface area contributed by atoms with Gasteiger partial charge >= 0.3 is 5.97 Å². The lowest BCUT2D eigenvalue weighted by atomic mass is 9.55. The van der Waals surface area contributed by atoms with Crippen LogP contribution in [-0.2, 0) is 23.8 Å². The van der Waals surface area contributed by atoms with Gasteiger partial charge in [0.1, 0.15) is 12.4 Å². The minimum atomic E-state index is -0.501. The van der Waals surface area contributed by atoms with E-state index in [4.69, 9.17) is 14.2 Å². The summed E-state index contributed by atoms with van der Waals surface area (Å²) in [5.74, 6) is -0.0786. The van der Waals surface area contributed by atoms with Crippen molar-refractivity contribution in [3.05, 3.63) is 0 Å². The lowest BCUT2D eigenvalue weighted by Gasteiger charge is -2.48. The molecule has 5 fully saturated rings. The molecular weight excluding hydrogens is 344 g/mol. The first-order valence-corrected chi connectivity index (χ1v) is 10.9. The summed E-state index contributed by atoms with van der Waals surface area (Å²) in [6.45, 7) is 5.87. The van der Waals surface area contributed by atoms with Gasteiger partial charge in [0.05, 0.1) is 19.1 Å². The van der Waals surface area contributed by atoms with Gasteiger partial charge in [0.2, 0.25) is 0 Å². The van der Waals surface area contributed by atoms with Crippen LogP contribution in [0.2, 0.25) is 0 Å². The average molecular weight is 376 g/mol. The van der Waals surface area contributed by atoms with E-state index in [2.05, 4.69) is 13.8 Å². The van der Waals surface area contributed by atoms with Crippen LogP contribution >= 0.6 is 0 Å². The van der Waals surface area contributed by atoms with Crippen LogP contribution in [0, 0.1) is 34.5 Å². The van der Waals surface area contributed by atoms with Gasteiger partial charge in [-0.3, -0.25) is 4.79 Å². The molecule has 2 heterocycles. The summed E-state index contributed by atoms with van der Waals surface area (Å²) in [5, 5.41) is 0. The largest absolute Gasteiger partial charge is 0.462 e. The maximum absolute atomic E-state index is 12.5. The molecule has 2 saturated heterocycles. The number of fused-ring (bicyclic) bond motifs is 4. The highest BCUT2D eigenvalue weighted by Crippen LogP contribution is 2.65. The molecule has 5 heteroatoms. The van der Waals surface area contributed by atoms with Crippen LogP contribution in [0.1, 0.15) is 65.2 Å². The van der Waals surface area contributed by atoms with E-state index in [1.807, 2.05) is 0 Å². The van der Waals surface area contributed by atoms with Crippen molar-refractivity contribution in [2.45, 2.75) is 77.1 Å². The predicted molar refractivity (Wildman–Crippen MR) is 97.7 cm³/mol. The van der Waals surface area contributed by atoms with E-state index in [9.17, 15) is 9.59 Å². The molecule has 27 heavy (non-hydrogen) atoms. The Hall–Kier alpha value is -0.940. The van der Waals surface area contributed by atoms with Crippen molar-refractivity contribution in [1.82, 2.24) is 0 Å². The summed E-state index contributed by atoms with van der Waals surface area (Å²) in [6.07, 6.45) is 9.07. The molecule has 5 rings (SSSR count). The Balaban J connectivity index is 1.51. The normalized spacial score (nSPS) is 51.0. The summed E-state index contributed by atoms with van der Waals surface area (Å²) in [7, 11) is 0. The summed E-state index contributed by atoms with van der Waals surface area (Å²) in [5.41, 5.74) is -0.248. The Morgan fingerprint density at radius 3 is 2.52 bits per heavy atom. The first-order chi connectivity index (χ1) is 12.9. The molecular formula is C22H32O5. The predicted octanol–water partition coefficient (Wildman–Crippen LogP) is 3.49. The highest BCUT2D eigenvalue weighted by molar-refractivity contribution is 5.76. The third-order valence-corrected chi connectivity index (χ3v) is 9.24. The molecule has 0 radical (unpaired) electrons. The molecule has 0 unspecified atom stereocenters. The first kappa shape index (κ1) is 18.1. The molecule has 2 aliphatic heterocycles. The summed E-state index contributed by atoms with van der Waals surface area (Å²) < 4.78 is 18.0. The fourth-order valence-electron chi connectivity index (χ4n) is 7.73. The van der Waals surface area contributed by atoms with Gasteiger partial charge in [0.25, 0.3) is 0 Å². The maximum Gasteiger partial charge on any atom is 0.309 e. The van der Waals surface area contributed by atoms with Gasteiger partial charge in [-0.2, -0.15) is 0 Å². The second-order valence-electron chi connectivity index (χ2n) is 10.1. The van der Waals surface area contributed by atoms with E-state index >= 15 is 0 Å². The Morgan fingerprint density at radius 1 is 1.00 bits per heavy atom. The van der Waals surface area contributed by atoms with Crippen molar-refractivity contribution in [3.63, 3.8) is 0 Å². The highest BCUT2D eigenvalue weighted by Gasteiger charge is 2.66. The van der Waals surface area contributed by atoms with Crippen molar-refractivity contribution >= 4 is 12.3 Å². The SMILES string of the molecule is C[C@]1([C@H]2CCC[C@@]3(C)[C@@H](CCC34OCCO4)[C@@H]2C=O)CC[C@@H]2C[C@@H]1C(=O)O2. The number of rotatable bonds is 2. The minimum Gasteiger partial charge on any atom is -0.462 e. The smallest absolute Gasteiger partial charge is 0.309 e. The summed E-state index contributed by atoms with van der Waals surface area (Å²) in [6, 6.07) is 0. The number of hydrogen-bond donors (Lipinski definition) is 0. The van der Waals surface area contributed by atoms with Gasteiger partial charge < -0.3 is 19.0 Å². The van der Waals surface area contributed by atoms with Crippen LogP contribution < -0.4 is 0 Å². The standard InChI is InChI=1S/C22H32O5/c1-20(8-5-14-12-18(20)19(24)27-14)16-4-3-7-21(2)17(15(16)13-23)6-9-22(21)25-10-11-26-22/h13-18H,3-12H2,1-2H3/t14-,15-,16+,17+,18-,20-,21+/m1/s1. The average Bonchev–Trinajstić information content (AvgIpc) is 3.30. The Morgan fingerprint density at radius 2 is 1.78 bits per heavy atom. The lowest BCUT2D eigenvalue weighted by molar-refractivity contribution is -0.228. The van der Waals surface area contributed by atoms with Crippen LogP contribution in [-0.4, -0.2) is 37.4 Å². The van der Waals surface area contributed by atoms with Gasteiger partial charge in [-0.15, -0.1) is 0 Å². The van der Waals surface area contributed by atoms with E-state index < -0.39 is 5.79 Å². The first-order valence-electron chi connectivity index (χ1n) is 10.9. The van der Waals surface area contributed by atoms with Crippen molar-refractivity contribution in [1.29, 1.82) is 0 Å². The topological polar surface area (TPSA) is 61.8 Å². The third kappa shape index (κ3) is 2.30. The van der Waals surface area contributed by atoms with E-state index in [-0.39, 0.29) is 46.6 Å². The van der Waals surface area contributed by atoms with Crippen molar-refractivity contribution in [3.8, 4) is 0 Å². The van der Waals surface area contributed by atoms with Crippen molar-refractivity contribution in [2.24, 2.45) is 34.5 Å². The van der Waals surface area contributed by atoms with Gasteiger partial charge in [-0.05, 0) is 55.8 Å². The second-order valence-corrected chi connectivity index (χ2v) is 10.1. The monoisotopic (exact) mass is 376 g/mol. The summed E-state index contributed by atoms with van der Waals surface area (Å²) >= 11 is 0. The maximum atomic E-state index is 12.5. The quantitative estimate of drug-likeness (QED) is 0.545. The molecule has 0 N–H and O–H groups in total. The Kier molecular flexibility index (Phi) is 4.04. The zero-order chi connectivity index (χ0) is 18.9. The van der Waals surface area contributed by atoms with Gasteiger partial charge in [0, 0.05) is 17.8 Å². The molecule has 3 aliphatic carbocycles. The zero-order valence-electron chi connectivity index (χ0n) is 16.6. The lowest BCUT2D eigenvalue weighted by Crippen LogP contribution is -2.49. The number of carbonyl (C=O) groups excluding carboxylic acids is 2. The van der Waals surface area contributed by atoms with Gasteiger partial charge in [-0.25, -0.2) is 0 Å². The number of carbonyl (C=O) groups is 2. The van der Waals surface area contributed by atoms with Crippen LogP contribution in [0.15, 0.2) is 0 Å². The van der Waals surface area contributed by atoms with Crippen molar-refractivity contribution < 1.29 is 23.8 Å². The number of hydrogen-bond acceptors (Lipinski definition) is 5. The van der Waals surface area contributed by atoms with Gasteiger partial charge in [-0.1, -0.05) is 20.3 Å². The molecule has 7 atom stereocenters. The number of esters is 1. The van der Waals surface area contributed by atoms with Crippen LogP contribution in [0.3, 0.4) is 0 Å². The van der Waals surface area contributed by atoms with Crippen LogP contribution in [0.4, 0.5) is 0 Å². The minimum absolute atomic E-state index is 0.0259. The van der Waals surface area contributed by atoms with E-state index in [0.29, 0.717) is 13.2 Å². The molecule has 0 aromatic rings. The molecule has 0 amide bonds. The van der Waals surface area contributed by atoms with E-state index in [1.54, 1.807) is 0 Å². The van der Waals surface area contributed by atoms with E-state index in [1.165, 1.54) is 6.29 Å². The molecule has 150 valence electrons. The van der Waals surface area contributed by atoms with Crippen LogP contribution in [0.5, 0.6) is 0 Å². The zero-order valence-corrected chi connectivity index (χ0v) is 16.6. The molecule has 5 nitrogen and oxygen atoms in total. The number of ether oxygens (including phenoxy) is 3. The molecule has 5 aliphatic rings. The molecule has 2 bridgehead atoms. The Labute approximate surface area is 161 Å². The molecule has 0 aromatic heterocycles. The van der Waals surface area contributed by atoms with Crippen LogP contribution in [0.25, 0.3) is 0 Å². The fourth-order valence-corrected chi connectivity index (χ4v) is 7.73. The number of aldehydes is 1. The van der Waals surface area contributed by atoms with Gasteiger partial charge in [0.15, 0.2) is 5.79 Å². The van der Waals surface area contributed by atoms with Crippen molar-refractivity contribution in [2.75, 3.05) is 13.2 Å².